The van der Waals surface area contributed by atoms with Crippen LogP contribution in [0.1, 0.15) is 43.0 Å². The van der Waals surface area contributed by atoms with Crippen LogP contribution in [-0.2, 0) is 0 Å². The second-order valence-corrected chi connectivity index (χ2v) is 5.84. The van der Waals surface area contributed by atoms with Crippen LogP contribution in [0.4, 0.5) is 13.6 Å². The molecule has 2 rings (SSSR count). The van der Waals surface area contributed by atoms with Gasteiger partial charge in [0.2, 0.25) is 0 Å². The fraction of sp³-hybridized carbons (Fsp3) is 0.316. The topological polar surface area (TPSA) is 61.4 Å². The molecule has 0 aliphatic heterocycles. The number of rotatable bonds is 7. The second-order valence-electron chi connectivity index (χ2n) is 5.84. The molecule has 6 heteroatoms. The quantitative estimate of drug-likeness (QED) is 0.712. The lowest BCUT2D eigenvalue weighted by Crippen LogP contribution is -2.39. The fourth-order valence-corrected chi connectivity index (χ4v) is 2.56. The van der Waals surface area contributed by atoms with Crippen LogP contribution in [0, 0.1) is 11.6 Å². The molecule has 0 fully saturated rings. The van der Waals surface area contributed by atoms with Gasteiger partial charge in [-0.3, -0.25) is 0 Å². The summed E-state index contributed by atoms with van der Waals surface area (Å²) >= 11 is 0. The van der Waals surface area contributed by atoms with Crippen LogP contribution in [0.2, 0.25) is 0 Å². The molecule has 0 saturated heterocycles. The third kappa shape index (κ3) is 5.53. The number of aliphatic hydroxyl groups is 1. The summed E-state index contributed by atoms with van der Waals surface area (Å²) in [5, 5.41) is 14.6. The fourth-order valence-electron chi connectivity index (χ4n) is 2.56. The van der Waals surface area contributed by atoms with E-state index in [1.165, 1.54) is 6.07 Å². The summed E-state index contributed by atoms with van der Waals surface area (Å²) in [5.74, 6) is -1.87. The molecule has 134 valence electrons. The van der Waals surface area contributed by atoms with E-state index >= 15 is 0 Å². The number of halogens is 2. The van der Waals surface area contributed by atoms with Crippen molar-refractivity contribution in [3.8, 4) is 0 Å². The minimum atomic E-state index is -0.948. The van der Waals surface area contributed by atoms with Crippen LogP contribution in [0.25, 0.3) is 0 Å². The molecule has 0 saturated carbocycles. The molecular weight excluding hydrogens is 326 g/mol. The summed E-state index contributed by atoms with van der Waals surface area (Å²) < 4.78 is 26.3. The van der Waals surface area contributed by atoms with Crippen molar-refractivity contribution >= 4 is 6.03 Å². The monoisotopic (exact) mass is 348 g/mol. The maximum absolute atomic E-state index is 13.3. The Morgan fingerprint density at radius 1 is 1.04 bits per heavy atom. The molecule has 2 aromatic carbocycles. The van der Waals surface area contributed by atoms with Gasteiger partial charge in [0.15, 0.2) is 11.6 Å². The molecule has 4 nitrogen and oxygen atoms in total. The summed E-state index contributed by atoms with van der Waals surface area (Å²) in [6, 6.07) is 11.9. The van der Waals surface area contributed by atoms with Crippen molar-refractivity contribution < 1.29 is 18.7 Å². The first kappa shape index (κ1) is 18.9. The van der Waals surface area contributed by atoms with E-state index in [0.29, 0.717) is 18.4 Å². The third-order valence-electron chi connectivity index (χ3n) is 3.95. The maximum Gasteiger partial charge on any atom is 0.315 e. The molecule has 0 spiro atoms. The first-order chi connectivity index (χ1) is 12.0. The molecule has 3 N–H and O–H groups in total. The third-order valence-corrected chi connectivity index (χ3v) is 3.95. The summed E-state index contributed by atoms with van der Waals surface area (Å²) in [4.78, 5) is 12.3. The summed E-state index contributed by atoms with van der Waals surface area (Å²) in [5.41, 5.74) is 1.41. The first-order valence-corrected chi connectivity index (χ1v) is 8.19. The molecule has 0 aliphatic rings. The van der Waals surface area contributed by atoms with Gasteiger partial charge in [-0.15, -0.1) is 0 Å². The predicted molar refractivity (Wildman–Crippen MR) is 91.9 cm³/mol. The Kier molecular flexibility index (Phi) is 6.89. The van der Waals surface area contributed by atoms with Crippen LogP contribution in [0.15, 0.2) is 48.5 Å². The lowest BCUT2D eigenvalue weighted by molar-refractivity contribution is 0.230. The Morgan fingerprint density at radius 2 is 1.76 bits per heavy atom. The lowest BCUT2D eigenvalue weighted by atomic mass is 10.0. The zero-order chi connectivity index (χ0) is 18.2. The van der Waals surface area contributed by atoms with Gasteiger partial charge < -0.3 is 15.7 Å². The van der Waals surface area contributed by atoms with Crippen molar-refractivity contribution in [2.45, 2.75) is 31.8 Å². The molecule has 25 heavy (non-hydrogen) atoms. The standard InChI is InChI=1S/C19H22F2N2O2/c1-13(15-9-10-16(20)17(21)12-15)22-19(25)23-18(8-5-11-24)14-6-3-2-4-7-14/h2-4,6-7,9-10,12-13,18,24H,5,8,11H2,1H3,(H2,22,23,25). The molecule has 2 atom stereocenters. The van der Waals surface area contributed by atoms with E-state index in [1.807, 2.05) is 30.3 Å². The molecule has 0 bridgehead atoms. The van der Waals surface area contributed by atoms with Gasteiger partial charge in [0.1, 0.15) is 0 Å². The highest BCUT2D eigenvalue weighted by Gasteiger charge is 2.17. The van der Waals surface area contributed by atoms with Gasteiger partial charge in [-0.25, -0.2) is 13.6 Å². The van der Waals surface area contributed by atoms with Gasteiger partial charge >= 0.3 is 6.03 Å². The number of hydrogen-bond donors (Lipinski definition) is 3. The number of carbonyl (C=O) groups excluding carboxylic acids is 1. The van der Waals surface area contributed by atoms with E-state index in [1.54, 1.807) is 6.92 Å². The lowest BCUT2D eigenvalue weighted by Gasteiger charge is -2.21. The van der Waals surface area contributed by atoms with Gasteiger partial charge in [-0.2, -0.15) is 0 Å². The summed E-state index contributed by atoms with van der Waals surface area (Å²) in [7, 11) is 0. The van der Waals surface area contributed by atoms with Gasteiger partial charge in [-0.1, -0.05) is 36.4 Å². The highest BCUT2D eigenvalue weighted by molar-refractivity contribution is 5.75. The molecule has 0 heterocycles. The largest absolute Gasteiger partial charge is 0.396 e. The number of carbonyl (C=O) groups is 1. The van der Waals surface area contributed by atoms with Crippen molar-refractivity contribution in [1.82, 2.24) is 10.6 Å². The molecule has 2 unspecified atom stereocenters. The first-order valence-electron chi connectivity index (χ1n) is 8.19. The number of benzene rings is 2. The SMILES string of the molecule is CC(NC(=O)NC(CCCO)c1ccccc1)c1ccc(F)c(F)c1. The summed E-state index contributed by atoms with van der Waals surface area (Å²) in [6.45, 7) is 1.73. The van der Waals surface area contributed by atoms with Crippen molar-refractivity contribution in [3.05, 3.63) is 71.3 Å². The number of hydrogen-bond acceptors (Lipinski definition) is 2. The molecular formula is C19H22F2N2O2. The second kappa shape index (κ2) is 9.13. The van der Waals surface area contributed by atoms with Gasteiger partial charge in [0, 0.05) is 6.61 Å². The molecule has 2 amide bonds. The van der Waals surface area contributed by atoms with Crippen LogP contribution in [-0.4, -0.2) is 17.7 Å². The van der Waals surface area contributed by atoms with Crippen molar-refractivity contribution in [1.29, 1.82) is 0 Å². The molecule has 0 aromatic heterocycles. The smallest absolute Gasteiger partial charge is 0.315 e. The van der Waals surface area contributed by atoms with E-state index in [2.05, 4.69) is 10.6 Å². The highest BCUT2D eigenvalue weighted by Crippen LogP contribution is 2.19. The Balaban J connectivity index is 2.01. The number of nitrogens with one attached hydrogen (secondary N) is 2. The van der Waals surface area contributed by atoms with Crippen molar-refractivity contribution in [2.75, 3.05) is 6.61 Å². The number of aliphatic hydroxyl groups excluding tert-OH is 1. The van der Waals surface area contributed by atoms with Crippen molar-refractivity contribution in [3.63, 3.8) is 0 Å². The van der Waals surface area contributed by atoms with Gasteiger partial charge in [0.05, 0.1) is 12.1 Å². The number of amides is 2. The maximum atomic E-state index is 13.3. The minimum absolute atomic E-state index is 0.0396. The Hall–Kier alpha value is -2.47. The van der Waals surface area contributed by atoms with Gasteiger partial charge in [0.25, 0.3) is 0 Å². The van der Waals surface area contributed by atoms with E-state index in [-0.39, 0.29) is 12.6 Å². The average Bonchev–Trinajstić information content (AvgIpc) is 2.61. The predicted octanol–water partition coefficient (Wildman–Crippen LogP) is 3.84. The minimum Gasteiger partial charge on any atom is -0.396 e. The van der Waals surface area contributed by atoms with Crippen LogP contribution >= 0.6 is 0 Å². The zero-order valence-electron chi connectivity index (χ0n) is 14.0. The van der Waals surface area contributed by atoms with E-state index in [9.17, 15) is 13.6 Å². The van der Waals surface area contributed by atoms with Gasteiger partial charge in [-0.05, 0) is 43.0 Å². The highest BCUT2D eigenvalue weighted by atomic mass is 19.2. The zero-order valence-corrected chi connectivity index (χ0v) is 14.0. The van der Waals surface area contributed by atoms with E-state index in [4.69, 9.17) is 5.11 Å². The van der Waals surface area contributed by atoms with Crippen LogP contribution < -0.4 is 10.6 Å². The van der Waals surface area contributed by atoms with Crippen molar-refractivity contribution in [2.24, 2.45) is 0 Å². The Labute approximate surface area is 145 Å². The normalized spacial score (nSPS) is 13.1. The molecule has 2 aromatic rings. The van der Waals surface area contributed by atoms with Crippen LogP contribution in [0.3, 0.4) is 0 Å². The van der Waals surface area contributed by atoms with Crippen LogP contribution in [0.5, 0.6) is 0 Å². The average molecular weight is 348 g/mol. The van der Waals surface area contributed by atoms with E-state index in [0.717, 1.165) is 17.7 Å². The van der Waals surface area contributed by atoms with E-state index < -0.39 is 23.7 Å². The summed E-state index contributed by atoms with van der Waals surface area (Å²) in [6.07, 6.45) is 1.14. The Morgan fingerprint density at radius 3 is 2.40 bits per heavy atom. The molecule has 0 radical (unpaired) electrons. The number of urea groups is 1. The Bertz CT molecular complexity index is 695. The molecule has 0 aliphatic carbocycles.